The number of pyridine rings is 1. The number of hydrazone groups is 1. The molecule has 2 unspecified atom stereocenters. The molecule has 0 saturated carbocycles. The van der Waals surface area contributed by atoms with Crippen molar-refractivity contribution in [1.82, 2.24) is 20.3 Å². The van der Waals surface area contributed by atoms with Crippen molar-refractivity contribution in [3.05, 3.63) is 72.2 Å². The first kappa shape index (κ1) is 21.1. The maximum Gasteiger partial charge on any atom is 0.320 e. The van der Waals surface area contributed by atoms with Gasteiger partial charge in [-0.3, -0.25) is 10.4 Å². The number of nitrogens with zero attached hydrogens (tertiary/aromatic N) is 5. The predicted molar refractivity (Wildman–Crippen MR) is 127 cm³/mol. The van der Waals surface area contributed by atoms with Crippen molar-refractivity contribution in [2.75, 3.05) is 43.2 Å². The molecule has 9 heteroatoms. The van der Waals surface area contributed by atoms with E-state index in [9.17, 15) is 0 Å². The standard InChI is InChI=1S/C24H27N7O2/c1-2-7-21-20(6-1)18(16-26-21)17-27-30-22-15-23(31-10-13-32-14-11-31)29-24(28-22)33-12-8-19-5-3-4-9-25-19/h1-7,9,15-17,20-21,26H,8,10-14H2,(H,28,29,30)/b27-17+. The molecule has 0 aromatic carbocycles. The molecule has 2 N–H and O–H groups in total. The summed E-state index contributed by atoms with van der Waals surface area (Å²) in [5.74, 6) is 1.67. The van der Waals surface area contributed by atoms with Gasteiger partial charge >= 0.3 is 6.01 Å². The Kier molecular flexibility index (Phi) is 6.58. The lowest BCUT2D eigenvalue weighted by atomic mass is 9.92. The van der Waals surface area contributed by atoms with E-state index < -0.39 is 0 Å². The molecule has 2 aromatic heterocycles. The molecular weight excluding hydrogens is 418 g/mol. The van der Waals surface area contributed by atoms with E-state index in [-0.39, 0.29) is 0 Å². The number of anilines is 2. The minimum absolute atomic E-state index is 0.292. The summed E-state index contributed by atoms with van der Waals surface area (Å²) in [5.41, 5.74) is 5.13. The second-order valence-corrected chi connectivity index (χ2v) is 7.92. The SMILES string of the molecule is C1=CC2NC=C(/C=N/Nc3cc(N4CCOCC4)nc(OCCc4ccccn4)n3)C2C=C1. The van der Waals surface area contributed by atoms with Crippen LogP contribution in [-0.2, 0) is 11.2 Å². The Morgan fingerprint density at radius 2 is 2.12 bits per heavy atom. The van der Waals surface area contributed by atoms with E-state index in [0.717, 1.165) is 30.2 Å². The normalized spacial score (nSPS) is 21.6. The van der Waals surface area contributed by atoms with Gasteiger partial charge in [0.2, 0.25) is 0 Å². The Hall–Kier alpha value is -3.72. The molecule has 2 aliphatic heterocycles. The smallest absolute Gasteiger partial charge is 0.320 e. The first-order valence-electron chi connectivity index (χ1n) is 11.2. The Morgan fingerprint density at radius 3 is 3.00 bits per heavy atom. The van der Waals surface area contributed by atoms with Crippen LogP contribution < -0.4 is 20.4 Å². The van der Waals surface area contributed by atoms with Crippen LogP contribution in [0, 0.1) is 5.92 Å². The van der Waals surface area contributed by atoms with Crippen molar-refractivity contribution >= 4 is 17.9 Å². The van der Waals surface area contributed by atoms with Crippen molar-refractivity contribution in [2.45, 2.75) is 12.5 Å². The number of hydrogen-bond acceptors (Lipinski definition) is 9. The minimum Gasteiger partial charge on any atom is -0.463 e. The fourth-order valence-electron chi connectivity index (χ4n) is 3.95. The molecular formula is C24H27N7O2. The second-order valence-electron chi connectivity index (χ2n) is 7.92. The van der Waals surface area contributed by atoms with Crippen molar-refractivity contribution in [3.8, 4) is 6.01 Å². The van der Waals surface area contributed by atoms with Crippen LogP contribution in [0.15, 0.2) is 71.6 Å². The van der Waals surface area contributed by atoms with Crippen molar-refractivity contribution in [1.29, 1.82) is 0 Å². The van der Waals surface area contributed by atoms with E-state index in [1.54, 1.807) is 6.20 Å². The number of nitrogens with one attached hydrogen (secondary N) is 2. The van der Waals surface area contributed by atoms with Crippen LogP contribution in [0.4, 0.5) is 11.6 Å². The van der Waals surface area contributed by atoms with Gasteiger partial charge in [0.25, 0.3) is 0 Å². The van der Waals surface area contributed by atoms with E-state index in [4.69, 9.17) is 9.47 Å². The Bertz CT molecular complexity index is 1060. The summed E-state index contributed by atoms with van der Waals surface area (Å²) in [6.45, 7) is 3.33. The fraction of sp³-hybridized carbons (Fsp3) is 0.333. The highest BCUT2D eigenvalue weighted by Crippen LogP contribution is 2.25. The van der Waals surface area contributed by atoms with Gasteiger partial charge in [0.05, 0.1) is 32.1 Å². The van der Waals surface area contributed by atoms with Crippen molar-refractivity contribution < 1.29 is 9.47 Å². The lowest BCUT2D eigenvalue weighted by Crippen LogP contribution is -2.36. The summed E-state index contributed by atoms with van der Waals surface area (Å²) in [6.07, 6.45) is 14.8. The number of morpholine rings is 1. The zero-order chi connectivity index (χ0) is 22.3. The zero-order valence-electron chi connectivity index (χ0n) is 18.3. The summed E-state index contributed by atoms with van der Waals surface area (Å²) in [4.78, 5) is 15.6. The van der Waals surface area contributed by atoms with Gasteiger partial charge in [-0.05, 0) is 17.7 Å². The Balaban J connectivity index is 1.27. The number of fused-ring (bicyclic) bond motifs is 1. The predicted octanol–water partition coefficient (Wildman–Crippen LogP) is 2.33. The first-order chi connectivity index (χ1) is 16.3. The molecule has 170 valence electrons. The van der Waals surface area contributed by atoms with Crippen LogP contribution in [-0.4, -0.2) is 60.1 Å². The lowest BCUT2D eigenvalue weighted by Gasteiger charge is -2.28. The number of ether oxygens (including phenoxy) is 2. The maximum absolute atomic E-state index is 5.88. The number of aromatic nitrogens is 3. The quantitative estimate of drug-likeness (QED) is 0.472. The first-order valence-corrected chi connectivity index (χ1v) is 11.2. The number of allylic oxidation sites excluding steroid dienone is 2. The van der Waals surface area contributed by atoms with Crippen LogP contribution >= 0.6 is 0 Å². The molecule has 9 nitrogen and oxygen atoms in total. The maximum atomic E-state index is 5.88. The molecule has 0 amide bonds. The minimum atomic E-state index is 0.292. The summed E-state index contributed by atoms with van der Waals surface area (Å²) in [7, 11) is 0. The molecule has 3 aliphatic rings. The monoisotopic (exact) mass is 445 g/mol. The van der Waals surface area contributed by atoms with Crippen LogP contribution in [0.2, 0.25) is 0 Å². The van der Waals surface area contributed by atoms with Gasteiger partial charge < -0.3 is 19.7 Å². The largest absolute Gasteiger partial charge is 0.463 e. The van der Waals surface area contributed by atoms with E-state index >= 15 is 0 Å². The van der Waals surface area contributed by atoms with Crippen molar-refractivity contribution in [2.24, 2.45) is 11.0 Å². The zero-order valence-corrected chi connectivity index (χ0v) is 18.3. The summed E-state index contributed by atoms with van der Waals surface area (Å²) >= 11 is 0. The van der Waals surface area contributed by atoms with Gasteiger partial charge in [-0.2, -0.15) is 15.1 Å². The van der Waals surface area contributed by atoms with Gasteiger partial charge in [0.15, 0.2) is 5.82 Å². The van der Waals surface area contributed by atoms with E-state index in [1.807, 2.05) is 36.7 Å². The third-order valence-corrected chi connectivity index (χ3v) is 5.70. The fourth-order valence-corrected chi connectivity index (χ4v) is 3.95. The molecule has 4 heterocycles. The lowest BCUT2D eigenvalue weighted by molar-refractivity contribution is 0.122. The molecule has 1 fully saturated rings. The van der Waals surface area contributed by atoms with Gasteiger partial charge in [0, 0.05) is 49.6 Å². The van der Waals surface area contributed by atoms with Gasteiger partial charge in [-0.15, -0.1) is 0 Å². The molecule has 33 heavy (non-hydrogen) atoms. The van der Waals surface area contributed by atoms with Crippen LogP contribution in [0.25, 0.3) is 0 Å². The average Bonchev–Trinajstić information content (AvgIpc) is 3.28. The van der Waals surface area contributed by atoms with E-state index in [2.05, 4.69) is 60.0 Å². The van der Waals surface area contributed by atoms with Crippen LogP contribution in [0.1, 0.15) is 5.69 Å². The summed E-state index contributed by atoms with van der Waals surface area (Å²) < 4.78 is 11.4. The highest BCUT2D eigenvalue weighted by molar-refractivity contribution is 5.81. The highest BCUT2D eigenvalue weighted by Gasteiger charge is 2.25. The number of rotatable bonds is 8. The van der Waals surface area contributed by atoms with Gasteiger partial charge in [-0.25, -0.2) is 0 Å². The molecule has 2 aromatic rings. The Morgan fingerprint density at radius 1 is 1.21 bits per heavy atom. The molecule has 2 atom stereocenters. The van der Waals surface area contributed by atoms with Crippen LogP contribution in [0.3, 0.4) is 0 Å². The van der Waals surface area contributed by atoms with E-state index in [0.29, 0.717) is 50.0 Å². The molecule has 5 rings (SSSR count). The summed E-state index contributed by atoms with van der Waals surface area (Å²) in [6, 6.07) is 8.34. The molecule has 0 radical (unpaired) electrons. The van der Waals surface area contributed by atoms with Gasteiger partial charge in [-0.1, -0.05) is 30.4 Å². The molecule has 1 aliphatic carbocycles. The molecule has 0 bridgehead atoms. The third kappa shape index (κ3) is 5.38. The average molecular weight is 446 g/mol. The third-order valence-electron chi connectivity index (χ3n) is 5.70. The molecule has 1 saturated heterocycles. The Labute approximate surface area is 192 Å². The highest BCUT2D eigenvalue weighted by atomic mass is 16.5. The van der Waals surface area contributed by atoms with E-state index in [1.165, 1.54) is 0 Å². The second kappa shape index (κ2) is 10.3. The number of hydrogen-bond donors (Lipinski definition) is 2. The van der Waals surface area contributed by atoms with Crippen molar-refractivity contribution in [3.63, 3.8) is 0 Å². The molecule has 0 spiro atoms. The topological polar surface area (TPSA) is 96.8 Å². The van der Waals surface area contributed by atoms with Gasteiger partial charge in [0.1, 0.15) is 5.82 Å². The van der Waals surface area contributed by atoms with Crippen LogP contribution in [0.5, 0.6) is 6.01 Å². The summed E-state index contributed by atoms with van der Waals surface area (Å²) in [5, 5.41) is 7.80.